The molecule has 2 heterocycles. The Balaban J connectivity index is 1.27. The van der Waals surface area contributed by atoms with Crippen molar-refractivity contribution in [3.8, 4) is 11.5 Å². The lowest BCUT2D eigenvalue weighted by Crippen LogP contribution is -2.09. The normalized spacial score (nSPS) is 11.3. The third-order valence-electron chi connectivity index (χ3n) is 6.64. The maximum atomic E-state index is 11.3. The van der Waals surface area contributed by atoms with Crippen LogP contribution in [0.3, 0.4) is 0 Å². The molecule has 7 heteroatoms. The largest absolute Gasteiger partial charge is 0.497 e. The molecule has 0 atom stereocenters. The monoisotopic (exact) mass is 563 g/mol. The number of hydrogen-bond acceptors (Lipinski definition) is 6. The fraction of sp³-hybridized carbons (Fsp3) is 0.0606. The molecule has 198 valence electrons. The molecule has 1 N–H and O–H groups in total. The maximum Gasteiger partial charge on any atom is 0.345 e. The smallest absolute Gasteiger partial charge is 0.345 e. The van der Waals surface area contributed by atoms with E-state index in [1.54, 1.807) is 31.6 Å². The summed E-state index contributed by atoms with van der Waals surface area (Å²) in [4.78, 5) is 15.0. The number of aromatic carboxylic acids is 1. The SMILES string of the molecule is COc1ccc(N(c2ccc(C=Cc3cc4cc5sc(C(=O)O)cc5cc4s3)cc2)c2ccc(OC)cc2)cc1. The number of carboxylic acid groups (broad SMARTS) is 1. The van der Waals surface area contributed by atoms with Gasteiger partial charge < -0.3 is 19.5 Å². The van der Waals surface area contributed by atoms with Crippen LogP contribution in [0, 0.1) is 0 Å². The van der Waals surface area contributed by atoms with Gasteiger partial charge in [-0.2, -0.15) is 0 Å². The summed E-state index contributed by atoms with van der Waals surface area (Å²) in [6.07, 6.45) is 4.24. The number of fused-ring (bicyclic) bond motifs is 2. The van der Waals surface area contributed by atoms with Crippen molar-refractivity contribution in [2.75, 3.05) is 19.1 Å². The number of hydrogen-bond donors (Lipinski definition) is 1. The molecule has 0 fully saturated rings. The highest BCUT2D eigenvalue weighted by Crippen LogP contribution is 2.37. The van der Waals surface area contributed by atoms with Gasteiger partial charge in [0.15, 0.2) is 0 Å². The molecule has 6 aromatic rings. The lowest BCUT2D eigenvalue weighted by molar-refractivity contribution is 0.0702. The van der Waals surface area contributed by atoms with Crippen molar-refractivity contribution in [2.45, 2.75) is 0 Å². The maximum absolute atomic E-state index is 11.3. The summed E-state index contributed by atoms with van der Waals surface area (Å²) in [6, 6.07) is 32.6. The van der Waals surface area contributed by atoms with Gasteiger partial charge >= 0.3 is 5.97 Å². The number of nitrogens with zero attached hydrogens (tertiary/aromatic N) is 1. The molecular weight excluding hydrogens is 539 g/mol. The molecule has 0 saturated heterocycles. The van der Waals surface area contributed by atoms with E-state index in [0.29, 0.717) is 4.88 Å². The number of thiophene rings is 2. The van der Waals surface area contributed by atoms with Crippen molar-refractivity contribution in [3.63, 3.8) is 0 Å². The molecule has 0 amide bonds. The zero-order chi connectivity index (χ0) is 27.6. The van der Waals surface area contributed by atoms with Gasteiger partial charge in [-0.15, -0.1) is 22.7 Å². The molecule has 0 aliphatic rings. The molecule has 40 heavy (non-hydrogen) atoms. The lowest BCUT2D eigenvalue weighted by Gasteiger charge is -2.26. The Kier molecular flexibility index (Phi) is 6.99. The first-order chi connectivity index (χ1) is 19.5. The van der Waals surface area contributed by atoms with E-state index >= 15 is 0 Å². The van der Waals surface area contributed by atoms with Gasteiger partial charge in [0.25, 0.3) is 0 Å². The fourth-order valence-corrected chi connectivity index (χ4v) is 6.53. The van der Waals surface area contributed by atoms with E-state index in [4.69, 9.17) is 9.47 Å². The molecule has 0 unspecified atom stereocenters. The van der Waals surface area contributed by atoms with Crippen molar-refractivity contribution in [3.05, 3.63) is 112 Å². The van der Waals surface area contributed by atoms with Crippen LogP contribution in [0.5, 0.6) is 11.5 Å². The van der Waals surface area contributed by atoms with Crippen LogP contribution in [-0.4, -0.2) is 25.3 Å². The zero-order valence-corrected chi connectivity index (χ0v) is 23.5. The van der Waals surface area contributed by atoms with E-state index in [0.717, 1.165) is 59.2 Å². The first-order valence-electron chi connectivity index (χ1n) is 12.6. The minimum atomic E-state index is -0.879. The summed E-state index contributed by atoms with van der Waals surface area (Å²) in [5.74, 6) is 0.741. The number of anilines is 3. The quantitative estimate of drug-likeness (QED) is 0.200. The standard InChI is InChI=1S/C33H25NO4S2/c1-37-27-12-8-25(9-13-27)34(26-10-14-28(38-2)15-11-26)24-6-3-21(4-7-24)5-16-29-17-22-18-31-23(19-30(22)39-29)20-32(40-31)33(35)36/h3-20H,1-2H3,(H,35,36). The van der Waals surface area contributed by atoms with E-state index in [2.05, 4.69) is 59.5 Å². The summed E-state index contributed by atoms with van der Waals surface area (Å²) in [5, 5.41) is 11.4. The third kappa shape index (κ3) is 5.17. The molecular formula is C33H25NO4S2. The van der Waals surface area contributed by atoms with Gasteiger partial charge in [0, 0.05) is 31.3 Å². The highest BCUT2D eigenvalue weighted by molar-refractivity contribution is 7.22. The van der Waals surface area contributed by atoms with Crippen molar-refractivity contribution in [2.24, 2.45) is 0 Å². The van der Waals surface area contributed by atoms with E-state index in [9.17, 15) is 9.90 Å². The molecule has 0 aliphatic carbocycles. The number of benzene rings is 4. The fourth-order valence-electron chi connectivity index (χ4n) is 4.60. The number of carboxylic acids is 1. The molecule has 2 aromatic heterocycles. The third-order valence-corrected chi connectivity index (χ3v) is 8.79. The minimum absolute atomic E-state index is 0.369. The number of methoxy groups -OCH3 is 2. The highest BCUT2D eigenvalue weighted by Gasteiger charge is 2.13. The first kappa shape index (κ1) is 25.7. The van der Waals surface area contributed by atoms with Crippen molar-refractivity contribution < 1.29 is 19.4 Å². The second-order valence-electron chi connectivity index (χ2n) is 9.15. The summed E-state index contributed by atoms with van der Waals surface area (Å²) in [5.41, 5.74) is 4.18. The van der Waals surface area contributed by atoms with E-state index < -0.39 is 5.97 Å². The molecule has 0 bridgehead atoms. The van der Waals surface area contributed by atoms with Crippen LogP contribution < -0.4 is 14.4 Å². The molecule has 4 aromatic carbocycles. The highest BCUT2D eigenvalue weighted by atomic mass is 32.1. The predicted molar refractivity (Wildman–Crippen MR) is 167 cm³/mol. The Hall–Kier alpha value is -4.59. The number of rotatable bonds is 8. The van der Waals surface area contributed by atoms with E-state index in [1.165, 1.54) is 11.3 Å². The summed E-state index contributed by atoms with van der Waals surface area (Å²) in [6.45, 7) is 0. The van der Waals surface area contributed by atoms with Crippen LogP contribution in [0.1, 0.15) is 20.1 Å². The molecule has 6 rings (SSSR count). The summed E-state index contributed by atoms with van der Waals surface area (Å²) >= 11 is 3.01. The van der Waals surface area contributed by atoms with Crippen LogP contribution in [0.2, 0.25) is 0 Å². The molecule has 0 saturated carbocycles. The van der Waals surface area contributed by atoms with Crippen LogP contribution in [0.4, 0.5) is 17.1 Å². The molecule has 0 radical (unpaired) electrons. The predicted octanol–water partition coefficient (Wildman–Crippen LogP) is 9.47. The minimum Gasteiger partial charge on any atom is -0.497 e. The first-order valence-corrected chi connectivity index (χ1v) is 14.2. The van der Waals surface area contributed by atoms with Gasteiger partial charge in [0.05, 0.1) is 14.2 Å². The molecule has 0 aliphatic heterocycles. The Morgan fingerprint density at radius 1 is 0.675 bits per heavy atom. The summed E-state index contributed by atoms with van der Waals surface area (Å²) < 4.78 is 12.8. The van der Waals surface area contributed by atoms with Crippen molar-refractivity contribution in [1.82, 2.24) is 0 Å². The van der Waals surface area contributed by atoms with Gasteiger partial charge in [-0.1, -0.05) is 18.2 Å². The zero-order valence-electron chi connectivity index (χ0n) is 21.8. The van der Waals surface area contributed by atoms with Crippen LogP contribution in [0.15, 0.2) is 97.1 Å². The number of carbonyl (C=O) groups is 1. The second-order valence-corrected chi connectivity index (χ2v) is 11.3. The van der Waals surface area contributed by atoms with Crippen molar-refractivity contribution in [1.29, 1.82) is 0 Å². The van der Waals surface area contributed by atoms with Gasteiger partial charge in [-0.05, 0) is 107 Å². The second kappa shape index (κ2) is 10.9. The number of ether oxygens (including phenoxy) is 2. The average Bonchev–Trinajstić information content (AvgIpc) is 3.59. The Morgan fingerprint density at radius 3 is 1.70 bits per heavy atom. The topological polar surface area (TPSA) is 59.0 Å². The van der Waals surface area contributed by atoms with E-state index in [-0.39, 0.29) is 0 Å². The van der Waals surface area contributed by atoms with Gasteiger partial charge in [-0.25, -0.2) is 4.79 Å². The average molecular weight is 564 g/mol. The van der Waals surface area contributed by atoms with Crippen LogP contribution in [-0.2, 0) is 0 Å². The summed E-state index contributed by atoms with van der Waals surface area (Å²) in [7, 11) is 3.33. The Labute approximate surface area is 239 Å². The van der Waals surface area contributed by atoms with E-state index in [1.807, 2.05) is 48.5 Å². The molecule has 0 spiro atoms. The van der Waals surface area contributed by atoms with Crippen LogP contribution in [0.25, 0.3) is 32.3 Å². The van der Waals surface area contributed by atoms with Crippen molar-refractivity contribution >= 4 is 78.0 Å². The van der Waals surface area contributed by atoms with Gasteiger partial charge in [-0.3, -0.25) is 0 Å². The Morgan fingerprint density at radius 2 is 1.18 bits per heavy atom. The van der Waals surface area contributed by atoms with Crippen LogP contribution >= 0.6 is 22.7 Å². The van der Waals surface area contributed by atoms with Gasteiger partial charge in [0.2, 0.25) is 0 Å². The Bertz CT molecular complexity index is 1730. The lowest BCUT2D eigenvalue weighted by atomic mass is 10.1. The van der Waals surface area contributed by atoms with Gasteiger partial charge in [0.1, 0.15) is 16.4 Å². The molecule has 5 nitrogen and oxygen atoms in total.